The highest BCUT2D eigenvalue weighted by Gasteiger charge is 2.13. The van der Waals surface area contributed by atoms with Crippen molar-refractivity contribution < 1.29 is 19.4 Å². The molecule has 1 heterocycles. The number of carboxylic acids is 1. The van der Waals surface area contributed by atoms with Crippen molar-refractivity contribution in [3.63, 3.8) is 0 Å². The fourth-order valence-electron chi connectivity index (χ4n) is 2.47. The van der Waals surface area contributed by atoms with Crippen LogP contribution in [0.4, 0.5) is 0 Å². The van der Waals surface area contributed by atoms with Crippen molar-refractivity contribution in [1.82, 2.24) is 4.57 Å². The molecular weight excluding hydrogens is 270 g/mol. The molecule has 0 atom stereocenters. The topological polar surface area (TPSA) is 60.7 Å². The molecule has 2 rings (SSSR count). The van der Waals surface area contributed by atoms with Gasteiger partial charge in [-0.05, 0) is 37.6 Å². The minimum Gasteiger partial charge on any atom is -0.478 e. The standard InChI is InChI=1S/C16H21NO4/c1-11-12(2)17(6-7-21-9-8-20-3)15-5-4-13(16(18)19)10-14(11)15/h4-5,10H,6-9H2,1-3H3,(H,18,19). The molecule has 0 fully saturated rings. The lowest BCUT2D eigenvalue weighted by Gasteiger charge is -2.09. The number of aryl methyl sites for hydroxylation is 1. The molecule has 0 bridgehead atoms. The molecule has 114 valence electrons. The minimum absolute atomic E-state index is 0.319. The van der Waals surface area contributed by atoms with Gasteiger partial charge in [-0.2, -0.15) is 0 Å². The quantitative estimate of drug-likeness (QED) is 0.797. The zero-order valence-corrected chi connectivity index (χ0v) is 12.7. The van der Waals surface area contributed by atoms with E-state index in [0.29, 0.717) is 25.4 Å². The second kappa shape index (κ2) is 6.74. The number of ether oxygens (including phenoxy) is 2. The summed E-state index contributed by atoms with van der Waals surface area (Å²) in [5.74, 6) is -0.899. The van der Waals surface area contributed by atoms with Crippen molar-refractivity contribution in [1.29, 1.82) is 0 Å². The summed E-state index contributed by atoms with van der Waals surface area (Å²) in [5, 5.41) is 10.1. The largest absolute Gasteiger partial charge is 0.478 e. The lowest BCUT2D eigenvalue weighted by atomic mass is 10.1. The Hall–Kier alpha value is -1.85. The third-order valence-electron chi connectivity index (χ3n) is 3.78. The second-order valence-electron chi connectivity index (χ2n) is 5.00. The first-order valence-electron chi connectivity index (χ1n) is 6.95. The molecule has 5 nitrogen and oxygen atoms in total. The Balaban J connectivity index is 2.23. The van der Waals surface area contributed by atoms with Crippen LogP contribution in [0.15, 0.2) is 18.2 Å². The number of fused-ring (bicyclic) bond motifs is 1. The summed E-state index contributed by atoms with van der Waals surface area (Å²) < 4.78 is 12.6. The predicted molar refractivity (Wildman–Crippen MR) is 81.1 cm³/mol. The molecule has 0 aliphatic carbocycles. The lowest BCUT2D eigenvalue weighted by molar-refractivity contribution is 0.0668. The number of hydrogen-bond donors (Lipinski definition) is 1. The van der Waals surface area contributed by atoms with Crippen LogP contribution in [-0.2, 0) is 16.0 Å². The van der Waals surface area contributed by atoms with E-state index in [1.807, 2.05) is 19.9 Å². The van der Waals surface area contributed by atoms with Gasteiger partial charge in [-0.1, -0.05) is 0 Å². The van der Waals surface area contributed by atoms with Gasteiger partial charge in [0.2, 0.25) is 0 Å². The van der Waals surface area contributed by atoms with Gasteiger partial charge in [0.05, 0.1) is 25.4 Å². The van der Waals surface area contributed by atoms with Gasteiger partial charge in [0, 0.05) is 30.3 Å². The number of aromatic carboxylic acids is 1. The lowest BCUT2D eigenvalue weighted by Crippen LogP contribution is -2.10. The molecule has 1 aromatic heterocycles. The number of carbonyl (C=O) groups is 1. The fourth-order valence-corrected chi connectivity index (χ4v) is 2.47. The Morgan fingerprint density at radius 1 is 1.24 bits per heavy atom. The van der Waals surface area contributed by atoms with E-state index in [9.17, 15) is 4.79 Å². The van der Waals surface area contributed by atoms with Gasteiger partial charge < -0.3 is 19.1 Å². The Bertz CT molecular complexity index is 645. The summed E-state index contributed by atoms with van der Waals surface area (Å²) in [7, 11) is 1.65. The van der Waals surface area contributed by atoms with Gasteiger partial charge in [0.15, 0.2) is 0 Å². The summed E-state index contributed by atoms with van der Waals surface area (Å²) in [6, 6.07) is 5.25. The van der Waals surface area contributed by atoms with Crippen molar-refractivity contribution >= 4 is 16.9 Å². The third-order valence-corrected chi connectivity index (χ3v) is 3.78. The minimum atomic E-state index is -0.899. The summed E-state index contributed by atoms with van der Waals surface area (Å²) >= 11 is 0. The number of hydrogen-bond acceptors (Lipinski definition) is 3. The van der Waals surface area contributed by atoms with Crippen molar-refractivity contribution in [2.45, 2.75) is 20.4 Å². The molecule has 0 saturated carbocycles. The van der Waals surface area contributed by atoms with Gasteiger partial charge in [-0.3, -0.25) is 0 Å². The number of carboxylic acid groups (broad SMARTS) is 1. The summed E-state index contributed by atoms with van der Waals surface area (Å²) in [6.45, 7) is 6.58. The number of aromatic nitrogens is 1. The van der Waals surface area contributed by atoms with Crippen LogP contribution in [0.5, 0.6) is 0 Å². The molecule has 0 saturated heterocycles. The molecule has 0 aliphatic heterocycles. The zero-order valence-electron chi connectivity index (χ0n) is 12.7. The van der Waals surface area contributed by atoms with Crippen LogP contribution in [-0.4, -0.2) is 42.6 Å². The van der Waals surface area contributed by atoms with E-state index in [1.54, 1.807) is 19.2 Å². The first-order chi connectivity index (χ1) is 10.1. The third kappa shape index (κ3) is 3.25. The monoisotopic (exact) mass is 291 g/mol. The van der Waals surface area contributed by atoms with Crippen LogP contribution in [0.1, 0.15) is 21.6 Å². The summed E-state index contributed by atoms with van der Waals surface area (Å²) in [5.41, 5.74) is 3.62. The highest BCUT2D eigenvalue weighted by Crippen LogP contribution is 2.26. The van der Waals surface area contributed by atoms with E-state index in [0.717, 1.165) is 28.7 Å². The molecule has 21 heavy (non-hydrogen) atoms. The Kier molecular flexibility index (Phi) is 4.98. The Morgan fingerprint density at radius 2 is 2.00 bits per heavy atom. The molecule has 0 aliphatic rings. The smallest absolute Gasteiger partial charge is 0.335 e. The van der Waals surface area contributed by atoms with E-state index in [-0.39, 0.29) is 0 Å². The maximum Gasteiger partial charge on any atom is 0.335 e. The zero-order chi connectivity index (χ0) is 15.4. The van der Waals surface area contributed by atoms with Gasteiger partial charge in [0.1, 0.15) is 0 Å². The Labute approximate surface area is 124 Å². The van der Waals surface area contributed by atoms with Gasteiger partial charge >= 0.3 is 5.97 Å². The van der Waals surface area contributed by atoms with Crippen molar-refractivity contribution in [2.75, 3.05) is 26.9 Å². The van der Waals surface area contributed by atoms with Crippen LogP contribution in [0.2, 0.25) is 0 Å². The maximum atomic E-state index is 11.1. The van der Waals surface area contributed by atoms with Crippen molar-refractivity contribution in [3.05, 3.63) is 35.0 Å². The highest BCUT2D eigenvalue weighted by atomic mass is 16.5. The van der Waals surface area contributed by atoms with Crippen LogP contribution < -0.4 is 0 Å². The van der Waals surface area contributed by atoms with Gasteiger partial charge in [0.25, 0.3) is 0 Å². The number of benzene rings is 1. The van der Waals surface area contributed by atoms with Gasteiger partial charge in [-0.25, -0.2) is 4.79 Å². The van der Waals surface area contributed by atoms with Crippen LogP contribution in [0, 0.1) is 13.8 Å². The normalized spacial score (nSPS) is 11.2. The summed E-state index contributed by atoms with van der Waals surface area (Å²) in [6.07, 6.45) is 0. The van der Waals surface area contributed by atoms with E-state index in [4.69, 9.17) is 14.6 Å². The number of rotatable bonds is 7. The summed E-state index contributed by atoms with van der Waals surface area (Å²) in [4.78, 5) is 11.1. The molecular formula is C16H21NO4. The van der Waals surface area contributed by atoms with E-state index in [1.165, 1.54) is 0 Å². The molecule has 0 amide bonds. The first kappa shape index (κ1) is 15.5. The molecule has 2 aromatic rings. The van der Waals surface area contributed by atoms with Crippen LogP contribution in [0.25, 0.3) is 10.9 Å². The Morgan fingerprint density at radius 3 is 2.67 bits per heavy atom. The predicted octanol–water partition coefficient (Wildman–Crippen LogP) is 2.62. The van der Waals surface area contributed by atoms with E-state index < -0.39 is 5.97 Å². The highest BCUT2D eigenvalue weighted by molar-refractivity contribution is 5.95. The molecule has 0 spiro atoms. The molecule has 0 radical (unpaired) electrons. The SMILES string of the molecule is COCCOCCn1c(C)c(C)c2cc(C(=O)O)ccc21. The van der Waals surface area contributed by atoms with E-state index in [2.05, 4.69) is 4.57 Å². The van der Waals surface area contributed by atoms with Gasteiger partial charge in [-0.15, -0.1) is 0 Å². The second-order valence-corrected chi connectivity index (χ2v) is 5.00. The van der Waals surface area contributed by atoms with Crippen LogP contribution in [0.3, 0.4) is 0 Å². The average molecular weight is 291 g/mol. The number of nitrogens with zero attached hydrogens (tertiary/aromatic N) is 1. The fraction of sp³-hybridized carbons (Fsp3) is 0.438. The average Bonchev–Trinajstić information content (AvgIpc) is 2.71. The molecule has 0 unspecified atom stereocenters. The molecule has 1 N–H and O–H groups in total. The van der Waals surface area contributed by atoms with Crippen molar-refractivity contribution in [2.24, 2.45) is 0 Å². The van der Waals surface area contributed by atoms with Crippen LogP contribution >= 0.6 is 0 Å². The molecule has 1 aromatic carbocycles. The first-order valence-corrected chi connectivity index (χ1v) is 6.95. The number of methoxy groups -OCH3 is 1. The maximum absolute atomic E-state index is 11.1. The van der Waals surface area contributed by atoms with E-state index >= 15 is 0 Å². The van der Waals surface area contributed by atoms with Crippen molar-refractivity contribution in [3.8, 4) is 0 Å². The molecule has 5 heteroatoms.